The van der Waals surface area contributed by atoms with E-state index < -0.39 is 23.4 Å². The summed E-state index contributed by atoms with van der Waals surface area (Å²) in [4.78, 5) is 26.0. The van der Waals surface area contributed by atoms with Gasteiger partial charge in [0.05, 0.1) is 6.42 Å². The Morgan fingerprint density at radius 3 is 2.83 bits per heavy atom. The lowest BCUT2D eigenvalue weighted by Gasteiger charge is -2.04. The number of aliphatic carboxylic acids is 1. The van der Waals surface area contributed by atoms with Gasteiger partial charge in [0.25, 0.3) is 0 Å². The van der Waals surface area contributed by atoms with Crippen molar-refractivity contribution in [3.8, 4) is 0 Å². The lowest BCUT2D eigenvalue weighted by atomic mass is 10.1. The standard InChI is InChI=1S/C11H8ClNO4S/c12-5-1-2-7-8(3-5)17-10(13-7)6(11(16)18)4-9(14)15/h1-3,6H,4H2,(H,14,15)(H,16,18). The largest absolute Gasteiger partial charge is 0.481 e. The summed E-state index contributed by atoms with van der Waals surface area (Å²) in [5, 5.41) is 8.60. The highest BCUT2D eigenvalue weighted by atomic mass is 35.5. The third kappa shape index (κ3) is 2.65. The number of carboxylic acid groups (broad SMARTS) is 1. The Hall–Kier alpha value is -1.53. The molecule has 7 heteroatoms. The first kappa shape index (κ1) is 12.9. The van der Waals surface area contributed by atoms with Gasteiger partial charge in [-0.3, -0.25) is 9.59 Å². The Labute approximate surface area is 112 Å². The van der Waals surface area contributed by atoms with Crippen LogP contribution in [0.25, 0.3) is 11.1 Å². The third-order valence-electron chi connectivity index (χ3n) is 2.34. The van der Waals surface area contributed by atoms with Crippen molar-refractivity contribution in [2.75, 3.05) is 0 Å². The number of carbonyl (C=O) groups excluding carboxylic acids is 1. The van der Waals surface area contributed by atoms with E-state index in [1.165, 1.54) is 0 Å². The minimum absolute atomic E-state index is 0.0367. The van der Waals surface area contributed by atoms with E-state index in [4.69, 9.17) is 21.1 Å². The van der Waals surface area contributed by atoms with Crippen LogP contribution in [0.3, 0.4) is 0 Å². The number of carboxylic acids is 1. The molecule has 0 bridgehead atoms. The summed E-state index contributed by atoms with van der Waals surface area (Å²) < 4.78 is 5.34. The first-order valence-electron chi connectivity index (χ1n) is 4.98. The maximum Gasteiger partial charge on any atom is 0.304 e. The molecule has 1 heterocycles. The van der Waals surface area contributed by atoms with Gasteiger partial charge >= 0.3 is 5.97 Å². The molecule has 0 amide bonds. The smallest absolute Gasteiger partial charge is 0.304 e. The number of rotatable bonds is 4. The van der Waals surface area contributed by atoms with Crippen LogP contribution < -0.4 is 0 Å². The molecule has 5 nitrogen and oxygen atoms in total. The summed E-state index contributed by atoms with van der Waals surface area (Å²) in [5.74, 6) is -2.09. The molecule has 0 spiro atoms. The summed E-state index contributed by atoms with van der Waals surface area (Å²) >= 11 is 9.44. The van der Waals surface area contributed by atoms with Gasteiger partial charge in [-0.2, -0.15) is 0 Å². The van der Waals surface area contributed by atoms with E-state index in [1.54, 1.807) is 18.2 Å². The van der Waals surface area contributed by atoms with Crippen LogP contribution in [0.5, 0.6) is 0 Å². The van der Waals surface area contributed by atoms with E-state index in [2.05, 4.69) is 17.6 Å². The van der Waals surface area contributed by atoms with Gasteiger partial charge in [0.15, 0.2) is 10.7 Å². The predicted molar refractivity (Wildman–Crippen MR) is 68.0 cm³/mol. The summed E-state index contributed by atoms with van der Waals surface area (Å²) in [6.45, 7) is 0. The van der Waals surface area contributed by atoms with Crippen molar-refractivity contribution >= 4 is 46.4 Å². The zero-order valence-electron chi connectivity index (χ0n) is 8.96. The van der Waals surface area contributed by atoms with E-state index in [0.29, 0.717) is 16.1 Å². The molecule has 0 radical (unpaired) electrons. The quantitative estimate of drug-likeness (QED) is 0.844. The Bertz CT molecular complexity index is 625. The van der Waals surface area contributed by atoms with Crippen molar-refractivity contribution in [1.82, 2.24) is 4.98 Å². The van der Waals surface area contributed by atoms with Gasteiger partial charge in [-0.25, -0.2) is 4.98 Å². The van der Waals surface area contributed by atoms with Crippen LogP contribution in [0.15, 0.2) is 22.6 Å². The number of hydrogen-bond acceptors (Lipinski definition) is 4. The van der Waals surface area contributed by atoms with E-state index in [0.717, 1.165) is 0 Å². The van der Waals surface area contributed by atoms with Crippen molar-refractivity contribution < 1.29 is 19.1 Å². The second-order valence-electron chi connectivity index (χ2n) is 3.65. The zero-order chi connectivity index (χ0) is 13.3. The number of nitrogens with zero attached hydrogens (tertiary/aromatic N) is 1. The first-order chi connectivity index (χ1) is 8.47. The van der Waals surface area contributed by atoms with Crippen molar-refractivity contribution in [3.63, 3.8) is 0 Å². The fourth-order valence-electron chi connectivity index (χ4n) is 1.52. The van der Waals surface area contributed by atoms with Gasteiger partial charge in [-0.05, 0) is 12.1 Å². The van der Waals surface area contributed by atoms with Crippen molar-refractivity contribution in [2.24, 2.45) is 0 Å². The molecule has 2 rings (SSSR count). The van der Waals surface area contributed by atoms with E-state index in [9.17, 15) is 9.59 Å². The molecule has 1 aromatic carbocycles. The fourth-order valence-corrected chi connectivity index (χ4v) is 1.88. The van der Waals surface area contributed by atoms with Crippen LogP contribution in [-0.2, 0) is 9.59 Å². The minimum atomic E-state index is -1.12. The van der Waals surface area contributed by atoms with E-state index in [1.807, 2.05) is 0 Å². The lowest BCUT2D eigenvalue weighted by molar-refractivity contribution is -0.138. The highest BCUT2D eigenvalue weighted by Gasteiger charge is 2.26. The molecule has 0 fully saturated rings. The second-order valence-corrected chi connectivity index (χ2v) is 4.53. The van der Waals surface area contributed by atoms with Crippen LogP contribution >= 0.6 is 24.2 Å². The van der Waals surface area contributed by atoms with Gasteiger partial charge in [-0.1, -0.05) is 11.6 Å². The first-order valence-corrected chi connectivity index (χ1v) is 5.80. The van der Waals surface area contributed by atoms with Gasteiger partial charge < -0.3 is 9.52 Å². The van der Waals surface area contributed by atoms with Crippen LogP contribution in [0.4, 0.5) is 0 Å². The maximum absolute atomic E-state index is 11.3. The molecule has 0 saturated heterocycles. The van der Waals surface area contributed by atoms with Crippen molar-refractivity contribution in [2.45, 2.75) is 12.3 Å². The fraction of sp³-hybridized carbons (Fsp3) is 0.182. The molecule has 0 saturated carbocycles. The zero-order valence-corrected chi connectivity index (χ0v) is 10.6. The summed E-state index contributed by atoms with van der Waals surface area (Å²) in [6, 6.07) is 4.81. The molecule has 94 valence electrons. The molecular formula is C11H8ClNO4S. The highest BCUT2D eigenvalue weighted by molar-refractivity contribution is 7.96. The van der Waals surface area contributed by atoms with Crippen LogP contribution in [0.2, 0.25) is 5.02 Å². The Balaban J connectivity index is 2.44. The Morgan fingerprint density at radius 1 is 1.50 bits per heavy atom. The SMILES string of the molecule is O=C(O)CC(C(=O)S)c1nc2ccc(Cl)cc2o1. The number of carbonyl (C=O) groups is 2. The lowest BCUT2D eigenvalue weighted by Crippen LogP contribution is -2.12. The number of thiol groups is 1. The predicted octanol–water partition coefficient (Wildman–Crippen LogP) is 2.50. The maximum atomic E-state index is 11.3. The molecule has 1 atom stereocenters. The summed E-state index contributed by atoms with van der Waals surface area (Å²) in [5.41, 5.74) is 0.918. The Morgan fingerprint density at radius 2 is 2.22 bits per heavy atom. The normalized spacial score (nSPS) is 12.6. The monoisotopic (exact) mass is 285 g/mol. The molecule has 1 unspecified atom stereocenters. The van der Waals surface area contributed by atoms with Gasteiger partial charge in [-0.15, -0.1) is 12.6 Å². The number of aromatic nitrogens is 1. The molecule has 18 heavy (non-hydrogen) atoms. The minimum Gasteiger partial charge on any atom is -0.481 e. The average molecular weight is 286 g/mol. The summed E-state index contributed by atoms with van der Waals surface area (Å²) in [7, 11) is 0. The van der Waals surface area contributed by atoms with Crippen molar-refractivity contribution in [3.05, 3.63) is 29.1 Å². The second kappa shape index (κ2) is 4.99. The number of fused-ring (bicyclic) bond motifs is 1. The average Bonchev–Trinajstić information content (AvgIpc) is 2.67. The van der Waals surface area contributed by atoms with Crippen LogP contribution in [-0.4, -0.2) is 21.2 Å². The van der Waals surface area contributed by atoms with Gasteiger partial charge in [0.2, 0.25) is 5.89 Å². The van der Waals surface area contributed by atoms with Gasteiger partial charge in [0, 0.05) is 11.1 Å². The van der Waals surface area contributed by atoms with E-state index >= 15 is 0 Å². The van der Waals surface area contributed by atoms with E-state index in [-0.39, 0.29) is 5.89 Å². The molecule has 1 aromatic heterocycles. The highest BCUT2D eigenvalue weighted by Crippen LogP contribution is 2.27. The summed E-state index contributed by atoms with van der Waals surface area (Å²) in [6.07, 6.45) is -0.414. The number of hydrogen-bond donors (Lipinski definition) is 2. The van der Waals surface area contributed by atoms with Gasteiger partial charge in [0.1, 0.15) is 11.4 Å². The number of halogens is 1. The number of benzene rings is 1. The Kier molecular flexibility index (Phi) is 3.58. The molecule has 0 aliphatic rings. The molecule has 0 aliphatic heterocycles. The third-order valence-corrected chi connectivity index (χ3v) is 2.89. The van der Waals surface area contributed by atoms with Crippen LogP contribution in [0, 0.1) is 0 Å². The number of oxazole rings is 1. The van der Waals surface area contributed by atoms with Crippen LogP contribution in [0.1, 0.15) is 18.2 Å². The molecule has 1 N–H and O–H groups in total. The van der Waals surface area contributed by atoms with Crippen molar-refractivity contribution in [1.29, 1.82) is 0 Å². The molecule has 2 aromatic rings. The molecule has 0 aliphatic carbocycles. The topological polar surface area (TPSA) is 80.4 Å². The molecular weight excluding hydrogens is 278 g/mol.